The van der Waals surface area contributed by atoms with Gasteiger partial charge in [-0.25, -0.2) is 4.39 Å². The van der Waals surface area contributed by atoms with Crippen LogP contribution in [0.3, 0.4) is 0 Å². The fourth-order valence-corrected chi connectivity index (χ4v) is 2.33. The first kappa shape index (κ1) is 14.3. The van der Waals surface area contributed by atoms with Gasteiger partial charge in [0.2, 0.25) is 0 Å². The monoisotopic (exact) mass is 298 g/mol. The van der Waals surface area contributed by atoms with Crippen LogP contribution in [-0.4, -0.2) is 0 Å². The van der Waals surface area contributed by atoms with E-state index in [-0.39, 0.29) is 11.9 Å². The molecule has 0 bridgehead atoms. The van der Waals surface area contributed by atoms with Gasteiger partial charge in [0.1, 0.15) is 5.82 Å². The first-order chi connectivity index (χ1) is 9.11. The molecule has 0 radical (unpaired) electrons. The average Bonchev–Trinajstić information content (AvgIpc) is 2.41. The number of rotatable bonds is 4. The van der Waals surface area contributed by atoms with Crippen molar-refractivity contribution in [3.63, 3.8) is 0 Å². The summed E-state index contributed by atoms with van der Waals surface area (Å²) < 4.78 is 13.8. The van der Waals surface area contributed by atoms with Crippen LogP contribution in [0.1, 0.15) is 17.2 Å². The molecule has 2 rings (SSSR count). The molecule has 3 N–H and O–H groups in total. The Balaban J connectivity index is 2.29. The van der Waals surface area contributed by atoms with Crippen molar-refractivity contribution in [3.8, 4) is 0 Å². The first-order valence-electron chi connectivity index (χ1n) is 5.76. The first-order valence-corrected chi connectivity index (χ1v) is 6.52. The van der Waals surface area contributed by atoms with E-state index in [0.29, 0.717) is 22.0 Å². The molecular formula is C14H13Cl2FN2. The molecule has 2 aromatic rings. The Morgan fingerprint density at radius 1 is 1.16 bits per heavy atom. The number of benzene rings is 2. The maximum Gasteiger partial charge on any atom is 0.128 e. The predicted molar refractivity (Wildman–Crippen MR) is 76.6 cm³/mol. The van der Waals surface area contributed by atoms with Crippen molar-refractivity contribution in [1.29, 1.82) is 0 Å². The smallest absolute Gasteiger partial charge is 0.128 e. The molecule has 0 fully saturated rings. The van der Waals surface area contributed by atoms with Crippen LogP contribution in [0, 0.1) is 5.82 Å². The summed E-state index contributed by atoms with van der Waals surface area (Å²) in [5, 5.41) is 1.17. The minimum Gasteiger partial charge on any atom is -0.271 e. The molecule has 0 aliphatic heterocycles. The van der Waals surface area contributed by atoms with Gasteiger partial charge in [-0.1, -0.05) is 41.4 Å². The highest BCUT2D eigenvalue weighted by Crippen LogP contribution is 2.26. The third-order valence-corrected chi connectivity index (χ3v) is 3.52. The van der Waals surface area contributed by atoms with E-state index in [4.69, 9.17) is 29.0 Å². The predicted octanol–water partition coefficient (Wildman–Crippen LogP) is 3.88. The molecule has 0 aliphatic rings. The van der Waals surface area contributed by atoms with E-state index in [1.807, 2.05) is 0 Å². The third-order valence-electron chi connectivity index (χ3n) is 2.91. The molecular weight excluding hydrogens is 286 g/mol. The molecule has 0 aromatic heterocycles. The van der Waals surface area contributed by atoms with Crippen molar-refractivity contribution in [2.45, 2.75) is 12.5 Å². The lowest BCUT2D eigenvalue weighted by molar-refractivity contribution is 0.510. The summed E-state index contributed by atoms with van der Waals surface area (Å²) in [6, 6.07) is 11.3. The number of halogens is 3. The molecule has 1 unspecified atom stereocenters. The molecule has 0 saturated carbocycles. The van der Waals surface area contributed by atoms with E-state index in [0.717, 1.165) is 5.56 Å². The molecule has 1 atom stereocenters. The Hall–Kier alpha value is -1.13. The molecule has 0 aliphatic carbocycles. The van der Waals surface area contributed by atoms with E-state index >= 15 is 0 Å². The van der Waals surface area contributed by atoms with E-state index in [1.165, 1.54) is 6.07 Å². The summed E-state index contributed by atoms with van der Waals surface area (Å²) in [5.74, 6) is 5.21. The van der Waals surface area contributed by atoms with Gasteiger partial charge in [0.15, 0.2) is 0 Å². The van der Waals surface area contributed by atoms with Crippen molar-refractivity contribution < 1.29 is 4.39 Å². The molecule has 2 nitrogen and oxygen atoms in total. The molecule has 0 spiro atoms. The highest BCUT2D eigenvalue weighted by Gasteiger charge is 2.16. The highest BCUT2D eigenvalue weighted by molar-refractivity contribution is 6.33. The second-order valence-electron chi connectivity index (χ2n) is 4.18. The van der Waals surface area contributed by atoms with Crippen molar-refractivity contribution in [1.82, 2.24) is 5.43 Å². The fourth-order valence-electron chi connectivity index (χ4n) is 1.94. The molecule has 0 heterocycles. The van der Waals surface area contributed by atoms with Gasteiger partial charge in [0.05, 0.1) is 6.04 Å². The summed E-state index contributed by atoms with van der Waals surface area (Å²) in [7, 11) is 0. The van der Waals surface area contributed by atoms with Gasteiger partial charge < -0.3 is 0 Å². The van der Waals surface area contributed by atoms with Gasteiger partial charge in [-0.2, -0.15) is 0 Å². The van der Waals surface area contributed by atoms with Crippen LogP contribution in [0.2, 0.25) is 10.0 Å². The van der Waals surface area contributed by atoms with Crippen LogP contribution in [0.5, 0.6) is 0 Å². The summed E-state index contributed by atoms with van der Waals surface area (Å²) in [6.07, 6.45) is 0.455. The minimum absolute atomic E-state index is 0.302. The van der Waals surface area contributed by atoms with Crippen LogP contribution >= 0.6 is 23.2 Å². The van der Waals surface area contributed by atoms with Crippen LogP contribution in [0.15, 0.2) is 42.5 Å². The zero-order valence-electron chi connectivity index (χ0n) is 10.0. The number of hydrazine groups is 1. The summed E-state index contributed by atoms with van der Waals surface area (Å²) >= 11 is 12.0. The van der Waals surface area contributed by atoms with Gasteiger partial charge >= 0.3 is 0 Å². The number of nitrogens with two attached hydrogens (primary N) is 1. The van der Waals surface area contributed by atoms with Crippen molar-refractivity contribution >= 4 is 23.2 Å². The summed E-state index contributed by atoms with van der Waals surface area (Å²) in [6.45, 7) is 0. The standard InChI is InChI=1S/C14H13Cl2FN2/c15-10-5-6-12(16)9(7-10)8-14(19-18)11-3-1-2-4-13(11)17/h1-7,14,19H,8,18H2. The maximum atomic E-state index is 13.8. The van der Waals surface area contributed by atoms with Crippen LogP contribution < -0.4 is 11.3 Å². The summed E-state index contributed by atoms with van der Waals surface area (Å²) in [5.41, 5.74) is 3.93. The molecule has 2 aromatic carbocycles. The normalized spacial score (nSPS) is 12.4. The van der Waals surface area contributed by atoms with E-state index < -0.39 is 0 Å². The van der Waals surface area contributed by atoms with E-state index in [2.05, 4.69) is 5.43 Å². The number of hydrogen-bond acceptors (Lipinski definition) is 2. The lowest BCUT2D eigenvalue weighted by Gasteiger charge is -2.18. The topological polar surface area (TPSA) is 38.0 Å². The van der Waals surface area contributed by atoms with Crippen molar-refractivity contribution in [3.05, 3.63) is 69.5 Å². The number of hydrogen-bond donors (Lipinski definition) is 2. The van der Waals surface area contributed by atoms with Gasteiger partial charge in [0.25, 0.3) is 0 Å². The van der Waals surface area contributed by atoms with Gasteiger partial charge in [-0.3, -0.25) is 11.3 Å². The third kappa shape index (κ3) is 3.45. The van der Waals surface area contributed by atoms with Crippen molar-refractivity contribution in [2.24, 2.45) is 5.84 Å². The van der Waals surface area contributed by atoms with E-state index in [1.54, 1.807) is 36.4 Å². The fraction of sp³-hybridized carbons (Fsp3) is 0.143. The molecule has 19 heavy (non-hydrogen) atoms. The minimum atomic E-state index is -0.364. The van der Waals surface area contributed by atoms with Gasteiger partial charge in [-0.05, 0) is 36.2 Å². The Morgan fingerprint density at radius 3 is 2.58 bits per heavy atom. The number of nitrogens with one attached hydrogen (secondary N) is 1. The quantitative estimate of drug-likeness (QED) is 0.664. The molecule has 0 amide bonds. The molecule has 5 heteroatoms. The second kappa shape index (κ2) is 6.35. The molecule has 100 valence electrons. The summed E-state index contributed by atoms with van der Waals surface area (Å²) in [4.78, 5) is 0. The highest BCUT2D eigenvalue weighted by atomic mass is 35.5. The lowest BCUT2D eigenvalue weighted by atomic mass is 9.99. The Morgan fingerprint density at radius 2 is 1.89 bits per heavy atom. The van der Waals surface area contributed by atoms with Gasteiger partial charge in [0, 0.05) is 15.6 Å². The zero-order chi connectivity index (χ0) is 13.8. The largest absolute Gasteiger partial charge is 0.271 e. The van der Waals surface area contributed by atoms with Crippen molar-refractivity contribution in [2.75, 3.05) is 0 Å². The van der Waals surface area contributed by atoms with Crippen LogP contribution in [-0.2, 0) is 6.42 Å². The average molecular weight is 299 g/mol. The Bertz CT molecular complexity index is 575. The Kier molecular flexibility index (Phi) is 4.77. The van der Waals surface area contributed by atoms with Gasteiger partial charge in [-0.15, -0.1) is 0 Å². The maximum absolute atomic E-state index is 13.8. The lowest BCUT2D eigenvalue weighted by Crippen LogP contribution is -2.30. The van der Waals surface area contributed by atoms with Crippen LogP contribution in [0.25, 0.3) is 0 Å². The van der Waals surface area contributed by atoms with Crippen LogP contribution in [0.4, 0.5) is 4.39 Å². The van der Waals surface area contributed by atoms with E-state index in [9.17, 15) is 4.39 Å². The SMILES string of the molecule is NNC(Cc1cc(Cl)ccc1Cl)c1ccccc1F. The zero-order valence-corrected chi connectivity index (χ0v) is 11.5. The molecule has 0 saturated heterocycles. The second-order valence-corrected chi connectivity index (χ2v) is 5.02. The Labute approximate surface area is 121 Å².